The third-order valence-electron chi connectivity index (χ3n) is 4.27. The van der Waals surface area contributed by atoms with Gasteiger partial charge in [-0.05, 0) is 30.7 Å². The number of carbonyl (C=O) groups is 1. The molecule has 1 amide bonds. The molecule has 154 valence electrons. The topological polar surface area (TPSA) is 112 Å². The summed E-state index contributed by atoms with van der Waals surface area (Å²) >= 11 is 0. The molecule has 8 nitrogen and oxygen atoms in total. The van der Waals surface area contributed by atoms with Crippen molar-refractivity contribution in [2.24, 2.45) is 0 Å². The zero-order valence-corrected chi connectivity index (χ0v) is 16.1. The highest BCUT2D eigenvalue weighted by atomic mass is 19.1. The lowest BCUT2D eigenvalue weighted by Gasteiger charge is -2.23. The lowest BCUT2D eigenvalue weighted by molar-refractivity contribution is -0.383. The van der Waals surface area contributed by atoms with Crippen LogP contribution in [0.1, 0.15) is 12.5 Å². The number of halogens is 1. The number of carbonyl (C=O) groups excluding carboxylic acids is 1. The van der Waals surface area contributed by atoms with Crippen molar-refractivity contribution in [1.82, 2.24) is 4.98 Å². The number of pyridine rings is 1. The first-order chi connectivity index (χ1) is 14.4. The number of nitrogens with zero attached hydrogens (tertiary/aromatic N) is 3. The molecule has 9 heteroatoms. The van der Waals surface area contributed by atoms with Gasteiger partial charge in [0.15, 0.2) is 0 Å². The molecule has 0 saturated carbocycles. The number of aromatic nitrogens is 1. The Morgan fingerprint density at radius 3 is 2.57 bits per heavy atom. The quantitative estimate of drug-likeness (QED) is 0.472. The highest BCUT2D eigenvalue weighted by Gasteiger charge is 2.30. The zero-order chi connectivity index (χ0) is 21.7. The number of nitrogen functional groups attached to an aromatic ring is 1. The van der Waals surface area contributed by atoms with Crippen LogP contribution in [0.2, 0.25) is 0 Å². The fraction of sp³-hybridized carbons (Fsp3) is 0.143. The van der Waals surface area contributed by atoms with E-state index in [1.807, 2.05) is 6.07 Å². The second kappa shape index (κ2) is 8.99. The van der Waals surface area contributed by atoms with Gasteiger partial charge < -0.3 is 10.5 Å². The third-order valence-corrected chi connectivity index (χ3v) is 4.27. The highest BCUT2D eigenvalue weighted by Crippen LogP contribution is 2.37. The Hall–Kier alpha value is -4.01. The van der Waals surface area contributed by atoms with Gasteiger partial charge in [-0.3, -0.25) is 15.0 Å². The van der Waals surface area contributed by atoms with Gasteiger partial charge in [-0.25, -0.2) is 14.2 Å². The van der Waals surface area contributed by atoms with Gasteiger partial charge >= 0.3 is 11.8 Å². The summed E-state index contributed by atoms with van der Waals surface area (Å²) in [7, 11) is 0. The molecule has 1 aromatic heterocycles. The van der Waals surface area contributed by atoms with E-state index in [1.54, 1.807) is 37.3 Å². The average molecular weight is 410 g/mol. The first kappa shape index (κ1) is 20.7. The number of anilines is 2. The molecule has 2 N–H and O–H groups in total. The molecule has 3 aromatic rings. The first-order valence-electron chi connectivity index (χ1n) is 9.09. The Morgan fingerprint density at radius 1 is 1.20 bits per heavy atom. The molecule has 0 atom stereocenters. The van der Waals surface area contributed by atoms with Gasteiger partial charge in [-0.15, -0.1) is 0 Å². The van der Waals surface area contributed by atoms with Crippen LogP contribution in [0.15, 0.2) is 60.7 Å². The fourth-order valence-corrected chi connectivity index (χ4v) is 2.95. The normalized spacial score (nSPS) is 10.5. The van der Waals surface area contributed by atoms with Crippen molar-refractivity contribution in [3.05, 3.63) is 82.2 Å². The summed E-state index contributed by atoms with van der Waals surface area (Å²) in [5.74, 6) is -0.890. The number of hydrogen-bond donors (Lipinski definition) is 1. The van der Waals surface area contributed by atoms with Crippen LogP contribution in [0.5, 0.6) is 0 Å². The Balaban J connectivity index is 2.19. The van der Waals surface area contributed by atoms with Gasteiger partial charge in [0.05, 0.1) is 23.8 Å². The zero-order valence-electron chi connectivity index (χ0n) is 16.1. The minimum absolute atomic E-state index is 0.00651. The van der Waals surface area contributed by atoms with Crippen LogP contribution in [-0.4, -0.2) is 22.6 Å². The second-order valence-corrected chi connectivity index (χ2v) is 6.30. The molecule has 0 aliphatic carbocycles. The number of ether oxygens (including phenoxy) is 1. The van der Waals surface area contributed by atoms with Crippen LogP contribution in [0.3, 0.4) is 0 Å². The SMILES string of the molecule is CCOC(=O)N(Cc1ccccc1)c1cc(-c2cccc(F)c2)nc(N)c1[N+](=O)[O-]. The number of amides is 1. The van der Waals surface area contributed by atoms with Gasteiger partial charge in [0.25, 0.3) is 0 Å². The number of benzene rings is 2. The van der Waals surface area contributed by atoms with Crippen LogP contribution in [0.25, 0.3) is 11.3 Å². The Morgan fingerprint density at radius 2 is 1.93 bits per heavy atom. The Kier molecular flexibility index (Phi) is 6.21. The average Bonchev–Trinajstić information content (AvgIpc) is 2.72. The molecular formula is C21H19FN4O4. The van der Waals surface area contributed by atoms with E-state index < -0.39 is 22.5 Å². The van der Waals surface area contributed by atoms with Crippen molar-refractivity contribution in [3.8, 4) is 11.3 Å². The minimum Gasteiger partial charge on any atom is -0.449 e. The van der Waals surface area contributed by atoms with Crippen molar-refractivity contribution in [3.63, 3.8) is 0 Å². The lowest BCUT2D eigenvalue weighted by Crippen LogP contribution is -2.32. The van der Waals surface area contributed by atoms with E-state index in [0.29, 0.717) is 5.56 Å². The van der Waals surface area contributed by atoms with Crippen molar-refractivity contribution < 1.29 is 18.8 Å². The van der Waals surface area contributed by atoms with Crippen molar-refractivity contribution >= 4 is 23.3 Å². The van der Waals surface area contributed by atoms with E-state index in [4.69, 9.17) is 10.5 Å². The maximum absolute atomic E-state index is 13.7. The molecule has 0 saturated heterocycles. The molecule has 1 heterocycles. The maximum atomic E-state index is 13.7. The lowest BCUT2D eigenvalue weighted by atomic mass is 10.1. The summed E-state index contributed by atoms with van der Waals surface area (Å²) in [5, 5.41) is 11.7. The summed E-state index contributed by atoms with van der Waals surface area (Å²) in [6.07, 6.45) is -0.778. The van der Waals surface area contributed by atoms with Gasteiger partial charge in [0, 0.05) is 5.56 Å². The van der Waals surface area contributed by atoms with Crippen molar-refractivity contribution in [2.75, 3.05) is 17.2 Å². The van der Waals surface area contributed by atoms with Gasteiger partial charge in [0.1, 0.15) is 11.5 Å². The van der Waals surface area contributed by atoms with E-state index in [1.165, 1.54) is 24.3 Å². The molecule has 0 radical (unpaired) electrons. The molecule has 0 aliphatic heterocycles. The summed E-state index contributed by atoms with van der Waals surface area (Å²) in [6, 6.07) is 15.8. The molecule has 0 fully saturated rings. The van der Waals surface area contributed by atoms with Gasteiger partial charge in [0.2, 0.25) is 5.82 Å². The molecule has 0 spiro atoms. The van der Waals surface area contributed by atoms with E-state index in [0.717, 1.165) is 10.5 Å². The Bertz CT molecular complexity index is 1080. The number of nitro groups is 1. The summed E-state index contributed by atoms with van der Waals surface area (Å²) in [6.45, 7) is 1.72. The van der Waals surface area contributed by atoms with Gasteiger partial charge in [-0.1, -0.05) is 42.5 Å². The van der Waals surface area contributed by atoms with Crippen molar-refractivity contribution in [1.29, 1.82) is 0 Å². The van der Waals surface area contributed by atoms with Crippen molar-refractivity contribution in [2.45, 2.75) is 13.5 Å². The predicted octanol–water partition coefficient (Wildman–Crippen LogP) is 4.54. The first-order valence-corrected chi connectivity index (χ1v) is 9.09. The molecule has 0 aliphatic rings. The molecular weight excluding hydrogens is 391 g/mol. The number of rotatable bonds is 6. The summed E-state index contributed by atoms with van der Waals surface area (Å²) in [4.78, 5) is 28.9. The fourth-order valence-electron chi connectivity index (χ4n) is 2.95. The summed E-state index contributed by atoms with van der Waals surface area (Å²) < 4.78 is 18.8. The van der Waals surface area contributed by atoms with Gasteiger partial charge in [-0.2, -0.15) is 0 Å². The van der Waals surface area contributed by atoms with Crippen LogP contribution >= 0.6 is 0 Å². The number of hydrogen-bond acceptors (Lipinski definition) is 6. The number of nitrogens with two attached hydrogens (primary N) is 1. The van der Waals surface area contributed by atoms with E-state index in [9.17, 15) is 19.3 Å². The summed E-state index contributed by atoms with van der Waals surface area (Å²) in [5.41, 5.74) is 6.54. The van der Waals surface area contributed by atoms with E-state index >= 15 is 0 Å². The Labute approximate surface area is 171 Å². The van der Waals surface area contributed by atoms with Crippen LogP contribution in [-0.2, 0) is 11.3 Å². The van der Waals surface area contributed by atoms with Crippen LogP contribution < -0.4 is 10.6 Å². The second-order valence-electron chi connectivity index (χ2n) is 6.30. The molecule has 0 bridgehead atoms. The largest absolute Gasteiger partial charge is 0.449 e. The molecule has 30 heavy (non-hydrogen) atoms. The van der Waals surface area contributed by atoms with Crippen LogP contribution in [0.4, 0.5) is 26.4 Å². The third kappa shape index (κ3) is 4.52. The molecule has 0 unspecified atom stereocenters. The smallest absolute Gasteiger partial charge is 0.414 e. The van der Waals surface area contributed by atoms with Crippen LogP contribution in [0, 0.1) is 15.9 Å². The predicted molar refractivity (Wildman–Crippen MR) is 110 cm³/mol. The maximum Gasteiger partial charge on any atom is 0.414 e. The minimum atomic E-state index is -0.778. The van der Waals surface area contributed by atoms with E-state index in [2.05, 4.69) is 4.98 Å². The molecule has 3 rings (SSSR count). The standard InChI is InChI=1S/C21H19FN4O4/c1-2-30-21(27)25(13-14-7-4-3-5-8-14)18-12-17(15-9-6-10-16(22)11-15)24-20(23)19(18)26(28)29/h3-12H,2,13H2,1H3,(H2,23,24). The highest BCUT2D eigenvalue weighted by molar-refractivity contribution is 5.93. The van der Waals surface area contributed by atoms with E-state index in [-0.39, 0.29) is 30.4 Å². The molecule has 2 aromatic carbocycles. The monoisotopic (exact) mass is 410 g/mol.